The van der Waals surface area contributed by atoms with Crippen molar-refractivity contribution in [2.24, 2.45) is 17.3 Å². The van der Waals surface area contributed by atoms with Crippen molar-refractivity contribution in [3.8, 4) is 0 Å². The van der Waals surface area contributed by atoms with Gasteiger partial charge in [-0.25, -0.2) is 0 Å². The number of benzene rings is 1. The SMILES string of the molecule is Cl.O=C(NC(c1ccccc1)C1CCCC1)C1CC12CCNCC2. The van der Waals surface area contributed by atoms with Crippen LogP contribution in [-0.2, 0) is 4.79 Å². The summed E-state index contributed by atoms with van der Waals surface area (Å²) in [5.41, 5.74) is 1.61. The fourth-order valence-corrected chi connectivity index (χ4v) is 4.87. The van der Waals surface area contributed by atoms with Gasteiger partial charge in [-0.3, -0.25) is 4.79 Å². The lowest BCUT2D eigenvalue weighted by atomic mass is 9.89. The van der Waals surface area contributed by atoms with Crippen LogP contribution in [0.2, 0.25) is 0 Å². The Labute approximate surface area is 151 Å². The molecule has 0 bridgehead atoms. The topological polar surface area (TPSA) is 41.1 Å². The highest BCUT2D eigenvalue weighted by atomic mass is 35.5. The quantitative estimate of drug-likeness (QED) is 0.867. The maximum absolute atomic E-state index is 12.9. The van der Waals surface area contributed by atoms with E-state index in [0.717, 1.165) is 19.5 Å². The van der Waals surface area contributed by atoms with Crippen LogP contribution in [-0.4, -0.2) is 19.0 Å². The molecule has 1 amide bonds. The van der Waals surface area contributed by atoms with Crippen molar-refractivity contribution in [3.63, 3.8) is 0 Å². The van der Waals surface area contributed by atoms with Crippen LogP contribution >= 0.6 is 12.4 Å². The Morgan fingerprint density at radius 2 is 1.79 bits per heavy atom. The van der Waals surface area contributed by atoms with Gasteiger partial charge in [0.2, 0.25) is 5.91 Å². The van der Waals surface area contributed by atoms with E-state index in [1.165, 1.54) is 44.1 Å². The van der Waals surface area contributed by atoms with E-state index in [2.05, 4.69) is 41.0 Å². The maximum atomic E-state index is 12.9. The van der Waals surface area contributed by atoms with Crippen molar-refractivity contribution in [3.05, 3.63) is 35.9 Å². The van der Waals surface area contributed by atoms with Crippen LogP contribution in [0.1, 0.15) is 56.6 Å². The summed E-state index contributed by atoms with van der Waals surface area (Å²) in [6.45, 7) is 2.16. The maximum Gasteiger partial charge on any atom is 0.224 e. The number of nitrogens with one attached hydrogen (secondary N) is 2. The first-order valence-electron chi connectivity index (χ1n) is 9.35. The Hall–Kier alpha value is -1.06. The van der Waals surface area contributed by atoms with E-state index in [-0.39, 0.29) is 24.4 Å². The van der Waals surface area contributed by atoms with Crippen LogP contribution in [0.5, 0.6) is 0 Å². The van der Waals surface area contributed by atoms with Crippen LogP contribution < -0.4 is 10.6 Å². The lowest BCUT2D eigenvalue weighted by molar-refractivity contribution is -0.124. The smallest absolute Gasteiger partial charge is 0.224 e. The molecule has 4 rings (SSSR count). The molecule has 1 aliphatic heterocycles. The van der Waals surface area contributed by atoms with Gasteiger partial charge < -0.3 is 10.6 Å². The molecule has 2 N–H and O–H groups in total. The Bertz CT molecular complexity index is 550. The van der Waals surface area contributed by atoms with E-state index in [9.17, 15) is 4.79 Å². The Kier molecular flexibility index (Phi) is 5.51. The standard InChI is InChI=1S/C20H28N2O.ClH/c23-19(17-14-20(17)10-12-21-13-11-20)22-18(16-8-4-5-9-16)15-6-2-1-3-7-15;/h1-3,6-7,16-18,21H,4-5,8-14H2,(H,22,23);1H. The Balaban J connectivity index is 0.00000169. The summed E-state index contributed by atoms with van der Waals surface area (Å²) in [6, 6.07) is 10.8. The van der Waals surface area contributed by atoms with Gasteiger partial charge in [0.1, 0.15) is 0 Å². The molecule has 24 heavy (non-hydrogen) atoms. The summed E-state index contributed by atoms with van der Waals surface area (Å²) in [6.07, 6.45) is 8.56. The van der Waals surface area contributed by atoms with E-state index in [1.807, 2.05) is 0 Å². The van der Waals surface area contributed by atoms with E-state index >= 15 is 0 Å². The van der Waals surface area contributed by atoms with Crippen molar-refractivity contribution in [2.75, 3.05) is 13.1 Å². The van der Waals surface area contributed by atoms with Crippen molar-refractivity contribution >= 4 is 18.3 Å². The summed E-state index contributed by atoms with van der Waals surface area (Å²) in [4.78, 5) is 12.9. The van der Waals surface area contributed by atoms with Gasteiger partial charge in [0.15, 0.2) is 0 Å². The highest BCUT2D eigenvalue weighted by Gasteiger charge is 2.57. The van der Waals surface area contributed by atoms with Gasteiger partial charge >= 0.3 is 0 Å². The Morgan fingerprint density at radius 3 is 2.46 bits per heavy atom. The second-order valence-corrected chi connectivity index (χ2v) is 7.81. The molecule has 2 atom stereocenters. The molecule has 4 heteroatoms. The highest BCUT2D eigenvalue weighted by Crippen LogP contribution is 2.58. The molecule has 1 heterocycles. The number of halogens is 1. The minimum absolute atomic E-state index is 0. The average molecular weight is 349 g/mol. The zero-order valence-electron chi connectivity index (χ0n) is 14.3. The number of rotatable bonds is 4. The first kappa shape index (κ1) is 17.8. The third-order valence-electron chi connectivity index (χ3n) is 6.43. The zero-order valence-corrected chi connectivity index (χ0v) is 15.1. The number of piperidine rings is 1. The molecule has 3 nitrogen and oxygen atoms in total. The van der Waals surface area contributed by atoms with Gasteiger partial charge in [-0.05, 0) is 62.1 Å². The van der Waals surface area contributed by atoms with E-state index in [4.69, 9.17) is 0 Å². The molecule has 1 aromatic carbocycles. The largest absolute Gasteiger partial charge is 0.349 e. The van der Waals surface area contributed by atoms with Crippen molar-refractivity contribution < 1.29 is 4.79 Å². The second kappa shape index (κ2) is 7.45. The summed E-state index contributed by atoms with van der Waals surface area (Å²) in [7, 11) is 0. The molecular formula is C20H29ClN2O. The Morgan fingerprint density at radius 1 is 1.12 bits per heavy atom. The number of hydrogen-bond acceptors (Lipinski definition) is 2. The molecule has 0 aromatic heterocycles. The molecule has 0 radical (unpaired) electrons. The van der Waals surface area contributed by atoms with Gasteiger partial charge in [-0.1, -0.05) is 43.2 Å². The molecule has 132 valence electrons. The second-order valence-electron chi connectivity index (χ2n) is 7.81. The minimum atomic E-state index is 0. The lowest BCUT2D eigenvalue weighted by Gasteiger charge is -2.27. The summed E-state index contributed by atoms with van der Waals surface area (Å²) >= 11 is 0. The summed E-state index contributed by atoms with van der Waals surface area (Å²) < 4.78 is 0. The summed E-state index contributed by atoms with van der Waals surface area (Å²) in [5.74, 6) is 1.19. The molecule has 2 unspecified atom stereocenters. The first-order chi connectivity index (χ1) is 11.3. The zero-order chi connectivity index (χ0) is 15.7. The monoisotopic (exact) mass is 348 g/mol. The van der Waals surface area contributed by atoms with Gasteiger partial charge in [-0.15, -0.1) is 12.4 Å². The molecule has 2 aliphatic carbocycles. The molecule has 1 saturated heterocycles. The van der Waals surface area contributed by atoms with Crippen LogP contribution in [0.25, 0.3) is 0 Å². The third kappa shape index (κ3) is 3.48. The van der Waals surface area contributed by atoms with Gasteiger partial charge in [0.25, 0.3) is 0 Å². The van der Waals surface area contributed by atoms with Gasteiger partial charge in [0.05, 0.1) is 6.04 Å². The lowest BCUT2D eigenvalue weighted by Crippen LogP contribution is -2.37. The van der Waals surface area contributed by atoms with E-state index < -0.39 is 0 Å². The molecular weight excluding hydrogens is 320 g/mol. The number of hydrogen-bond donors (Lipinski definition) is 2. The molecule has 3 aliphatic rings. The molecule has 2 saturated carbocycles. The van der Waals surface area contributed by atoms with E-state index in [0.29, 0.717) is 17.2 Å². The summed E-state index contributed by atoms with van der Waals surface area (Å²) in [5, 5.41) is 6.87. The minimum Gasteiger partial charge on any atom is -0.349 e. The number of carbonyl (C=O) groups is 1. The molecule has 3 fully saturated rings. The predicted molar refractivity (Wildman–Crippen MR) is 99.2 cm³/mol. The highest BCUT2D eigenvalue weighted by molar-refractivity contribution is 5.85. The number of amides is 1. The molecule has 1 spiro atoms. The normalized spacial score (nSPS) is 26.6. The van der Waals surface area contributed by atoms with Crippen molar-refractivity contribution in [2.45, 2.75) is 51.0 Å². The van der Waals surface area contributed by atoms with Crippen LogP contribution in [0.3, 0.4) is 0 Å². The fourth-order valence-electron chi connectivity index (χ4n) is 4.87. The van der Waals surface area contributed by atoms with E-state index in [1.54, 1.807) is 0 Å². The first-order valence-corrected chi connectivity index (χ1v) is 9.35. The van der Waals surface area contributed by atoms with Crippen LogP contribution in [0.4, 0.5) is 0 Å². The van der Waals surface area contributed by atoms with Crippen molar-refractivity contribution in [1.82, 2.24) is 10.6 Å². The van der Waals surface area contributed by atoms with Crippen molar-refractivity contribution in [1.29, 1.82) is 0 Å². The average Bonchev–Trinajstić information content (AvgIpc) is 3.04. The molecule has 1 aromatic rings. The third-order valence-corrected chi connectivity index (χ3v) is 6.43. The number of carbonyl (C=O) groups excluding carboxylic acids is 1. The van der Waals surface area contributed by atoms with Gasteiger partial charge in [-0.2, -0.15) is 0 Å². The van der Waals surface area contributed by atoms with Crippen LogP contribution in [0.15, 0.2) is 30.3 Å². The predicted octanol–water partition coefficient (Wildman–Crippen LogP) is 3.85. The fraction of sp³-hybridized carbons (Fsp3) is 0.650. The van der Waals surface area contributed by atoms with Gasteiger partial charge in [0, 0.05) is 5.92 Å². The van der Waals surface area contributed by atoms with Crippen LogP contribution in [0, 0.1) is 17.3 Å².